The molecule has 0 aliphatic heterocycles. The number of aromatic amines is 1. The molecule has 0 saturated heterocycles. The van der Waals surface area contributed by atoms with Crippen LogP contribution in [-0.4, -0.2) is 22.2 Å². The highest BCUT2D eigenvalue weighted by atomic mass is 16.5. The minimum atomic E-state index is -1.00. The van der Waals surface area contributed by atoms with E-state index in [0.29, 0.717) is 5.69 Å². The van der Waals surface area contributed by atoms with Gasteiger partial charge in [-0.15, -0.1) is 0 Å². The van der Waals surface area contributed by atoms with Crippen molar-refractivity contribution in [2.75, 3.05) is 0 Å². The normalized spacial score (nSPS) is 11.6. The lowest BCUT2D eigenvalue weighted by molar-refractivity contribution is -0.137. The van der Waals surface area contributed by atoms with Gasteiger partial charge in [-0.1, -0.05) is 30.3 Å². The van der Waals surface area contributed by atoms with E-state index in [0.717, 1.165) is 5.56 Å². The number of carboxylic acid groups (broad SMARTS) is 1. The van der Waals surface area contributed by atoms with Crippen LogP contribution < -0.4 is 5.32 Å². The monoisotopic (exact) mass is 288 g/mol. The number of hydrogen-bond acceptors (Lipinski definition) is 3. The summed E-state index contributed by atoms with van der Waals surface area (Å²) >= 11 is 0. The first-order valence-corrected chi connectivity index (χ1v) is 6.47. The summed E-state index contributed by atoms with van der Waals surface area (Å²) in [4.78, 5) is 25.5. The van der Waals surface area contributed by atoms with E-state index in [-0.39, 0.29) is 13.0 Å². The number of amides is 1. The van der Waals surface area contributed by atoms with Gasteiger partial charge in [-0.2, -0.15) is 0 Å². The Labute approximate surface area is 121 Å². The van der Waals surface area contributed by atoms with Gasteiger partial charge in [0.05, 0.1) is 12.5 Å². The van der Waals surface area contributed by atoms with Crippen LogP contribution in [0.15, 0.2) is 48.7 Å². The molecule has 2 aromatic rings. The van der Waals surface area contributed by atoms with Crippen molar-refractivity contribution >= 4 is 12.1 Å². The fraction of sp³-hybridized carbons (Fsp3) is 0.200. The Morgan fingerprint density at radius 3 is 2.57 bits per heavy atom. The molecule has 0 unspecified atom stereocenters. The molecule has 1 amide bonds. The smallest absolute Gasteiger partial charge is 0.408 e. The van der Waals surface area contributed by atoms with Crippen molar-refractivity contribution in [1.29, 1.82) is 0 Å². The molecule has 2 rings (SSSR count). The number of carbonyl (C=O) groups is 2. The van der Waals surface area contributed by atoms with Gasteiger partial charge in [-0.05, 0) is 17.7 Å². The van der Waals surface area contributed by atoms with Crippen LogP contribution in [0.3, 0.4) is 0 Å². The highest BCUT2D eigenvalue weighted by molar-refractivity contribution is 5.71. The van der Waals surface area contributed by atoms with Gasteiger partial charge < -0.3 is 20.1 Å². The van der Waals surface area contributed by atoms with Gasteiger partial charge >= 0.3 is 12.1 Å². The van der Waals surface area contributed by atoms with Crippen molar-refractivity contribution in [1.82, 2.24) is 10.3 Å². The van der Waals surface area contributed by atoms with Crippen LogP contribution in [0.2, 0.25) is 0 Å². The van der Waals surface area contributed by atoms with Crippen LogP contribution in [0.4, 0.5) is 4.79 Å². The lowest BCUT2D eigenvalue weighted by Crippen LogP contribution is -2.30. The Morgan fingerprint density at radius 2 is 1.95 bits per heavy atom. The quantitative estimate of drug-likeness (QED) is 0.761. The molecular formula is C15H16N2O4. The maximum Gasteiger partial charge on any atom is 0.408 e. The van der Waals surface area contributed by atoms with E-state index < -0.39 is 18.1 Å². The summed E-state index contributed by atoms with van der Waals surface area (Å²) < 4.78 is 5.08. The van der Waals surface area contributed by atoms with Crippen LogP contribution >= 0.6 is 0 Å². The Kier molecular flexibility index (Phi) is 4.98. The van der Waals surface area contributed by atoms with E-state index in [2.05, 4.69) is 10.3 Å². The van der Waals surface area contributed by atoms with Crippen LogP contribution in [0.25, 0.3) is 0 Å². The molecule has 0 radical (unpaired) electrons. The molecule has 1 atom stereocenters. The SMILES string of the molecule is O=C(O)C[C@H](NC(=O)OCc1ccccc1)c1ccc[nH]1. The predicted octanol–water partition coefficient (Wildman–Crippen LogP) is 2.46. The molecule has 0 spiro atoms. The molecule has 1 aromatic heterocycles. The van der Waals surface area contributed by atoms with Crippen LogP contribution in [0.5, 0.6) is 0 Å². The van der Waals surface area contributed by atoms with Gasteiger partial charge in [-0.25, -0.2) is 4.79 Å². The number of alkyl carbamates (subject to hydrolysis) is 1. The Balaban J connectivity index is 1.90. The van der Waals surface area contributed by atoms with E-state index in [9.17, 15) is 9.59 Å². The van der Waals surface area contributed by atoms with Crippen molar-refractivity contribution < 1.29 is 19.4 Å². The zero-order valence-corrected chi connectivity index (χ0v) is 11.3. The molecule has 0 fully saturated rings. The van der Waals surface area contributed by atoms with Crippen molar-refractivity contribution in [3.05, 3.63) is 59.9 Å². The maximum absolute atomic E-state index is 11.8. The lowest BCUT2D eigenvalue weighted by Gasteiger charge is -2.15. The van der Waals surface area contributed by atoms with Crippen molar-refractivity contribution in [3.8, 4) is 0 Å². The fourth-order valence-corrected chi connectivity index (χ4v) is 1.88. The van der Waals surface area contributed by atoms with E-state index in [4.69, 9.17) is 9.84 Å². The Hall–Kier alpha value is -2.76. The fourth-order valence-electron chi connectivity index (χ4n) is 1.88. The van der Waals surface area contributed by atoms with Crippen LogP contribution in [-0.2, 0) is 16.1 Å². The largest absolute Gasteiger partial charge is 0.481 e. The number of H-pyrrole nitrogens is 1. The average molecular weight is 288 g/mol. The molecule has 3 N–H and O–H groups in total. The number of carbonyl (C=O) groups excluding carboxylic acids is 1. The van der Waals surface area contributed by atoms with Gasteiger partial charge in [0.25, 0.3) is 0 Å². The van der Waals surface area contributed by atoms with E-state index in [1.165, 1.54) is 0 Å². The maximum atomic E-state index is 11.8. The van der Waals surface area contributed by atoms with Crippen molar-refractivity contribution in [2.24, 2.45) is 0 Å². The molecule has 6 heteroatoms. The third kappa shape index (κ3) is 4.68. The first-order chi connectivity index (χ1) is 10.1. The second-order valence-corrected chi connectivity index (χ2v) is 4.48. The first kappa shape index (κ1) is 14.6. The highest BCUT2D eigenvalue weighted by Crippen LogP contribution is 2.15. The average Bonchev–Trinajstić information content (AvgIpc) is 2.99. The molecule has 1 aromatic carbocycles. The van der Waals surface area contributed by atoms with E-state index in [1.807, 2.05) is 30.3 Å². The lowest BCUT2D eigenvalue weighted by atomic mass is 10.1. The zero-order valence-electron chi connectivity index (χ0n) is 11.3. The number of ether oxygens (including phenoxy) is 1. The molecule has 0 aliphatic rings. The molecule has 110 valence electrons. The Morgan fingerprint density at radius 1 is 1.19 bits per heavy atom. The van der Waals surface area contributed by atoms with Gasteiger partial charge in [0.2, 0.25) is 0 Å². The molecule has 1 heterocycles. The summed E-state index contributed by atoms with van der Waals surface area (Å²) in [5, 5.41) is 11.4. The number of aromatic nitrogens is 1. The van der Waals surface area contributed by atoms with Crippen molar-refractivity contribution in [2.45, 2.75) is 19.1 Å². The summed E-state index contributed by atoms with van der Waals surface area (Å²) in [6.07, 6.45) is 0.793. The second-order valence-electron chi connectivity index (χ2n) is 4.48. The third-order valence-corrected chi connectivity index (χ3v) is 2.88. The number of hydrogen-bond donors (Lipinski definition) is 3. The molecule has 0 bridgehead atoms. The second kappa shape index (κ2) is 7.14. The molecule has 6 nitrogen and oxygen atoms in total. The van der Waals surface area contributed by atoms with Crippen molar-refractivity contribution in [3.63, 3.8) is 0 Å². The highest BCUT2D eigenvalue weighted by Gasteiger charge is 2.19. The van der Waals surface area contributed by atoms with Crippen LogP contribution in [0, 0.1) is 0 Å². The standard InChI is InChI=1S/C15H16N2O4/c18-14(19)9-13(12-7-4-8-16-12)17-15(20)21-10-11-5-2-1-3-6-11/h1-8,13,16H,9-10H2,(H,17,20)(H,18,19)/t13-/m0/s1. The summed E-state index contributed by atoms with van der Waals surface area (Å²) in [6, 6.07) is 12.1. The summed E-state index contributed by atoms with van der Waals surface area (Å²) in [6.45, 7) is 0.136. The number of rotatable bonds is 6. The van der Waals surface area contributed by atoms with Gasteiger partial charge in [0.15, 0.2) is 0 Å². The third-order valence-electron chi connectivity index (χ3n) is 2.88. The summed E-state index contributed by atoms with van der Waals surface area (Å²) in [5.41, 5.74) is 1.48. The first-order valence-electron chi connectivity index (χ1n) is 6.47. The van der Waals surface area contributed by atoms with E-state index >= 15 is 0 Å². The molecular weight excluding hydrogens is 272 g/mol. The predicted molar refractivity (Wildman–Crippen MR) is 75.5 cm³/mol. The van der Waals surface area contributed by atoms with Gasteiger partial charge in [0.1, 0.15) is 6.61 Å². The number of nitrogens with one attached hydrogen (secondary N) is 2. The molecule has 0 saturated carbocycles. The topological polar surface area (TPSA) is 91.4 Å². The molecule has 21 heavy (non-hydrogen) atoms. The zero-order chi connectivity index (χ0) is 15.1. The number of benzene rings is 1. The Bertz CT molecular complexity index is 581. The number of carboxylic acids is 1. The minimum absolute atomic E-state index is 0.136. The summed E-state index contributed by atoms with van der Waals surface area (Å²) in [5.74, 6) is -1.00. The summed E-state index contributed by atoms with van der Waals surface area (Å²) in [7, 11) is 0. The van der Waals surface area contributed by atoms with E-state index in [1.54, 1.807) is 18.3 Å². The van der Waals surface area contributed by atoms with Gasteiger partial charge in [0, 0.05) is 11.9 Å². The van der Waals surface area contributed by atoms with Gasteiger partial charge in [-0.3, -0.25) is 4.79 Å². The van der Waals surface area contributed by atoms with Crippen LogP contribution in [0.1, 0.15) is 23.7 Å². The number of aliphatic carboxylic acids is 1. The minimum Gasteiger partial charge on any atom is -0.481 e. The molecule has 0 aliphatic carbocycles.